The summed E-state index contributed by atoms with van der Waals surface area (Å²) in [5.74, 6) is -0.735. The van der Waals surface area contributed by atoms with Crippen LogP contribution in [0.5, 0.6) is 0 Å². The molecule has 1 atom stereocenters. The smallest absolute Gasteiger partial charge is 0.227 e. The summed E-state index contributed by atoms with van der Waals surface area (Å²) >= 11 is 0. The van der Waals surface area contributed by atoms with E-state index in [0.717, 1.165) is 12.8 Å². The Bertz CT molecular complexity index is 417. The van der Waals surface area contributed by atoms with Crippen molar-refractivity contribution in [3.05, 3.63) is 24.0 Å². The third kappa shape index (κ3) is 3.17. The van der Waals surface area contributed by atoms with Crippen LogP contribution in [0, 0.1) is 5.82 Å². The Kier molecular flexibility index (Phi) is 3.58. The van der Waals surface area contributed by atoms with Crippen molar-refractivity contribution in [3.63, 3.8) is 0 Å². The number of nitrogen functional groups attached to an aromatic ring is 1. The van der Waals surface area contributed by atoms with E-state index in [9.17, 15) is 9.18 Å². The molecular formula is C12H15FN2O2. The number of rotatable bonds is 3. The standard InChI is InChI=1S/C12H15FN2O2/c13-10-4-3-8(14)6-11(10)15-12(16)7-9-2-1-5-17-9/h3-4,6,9H,1-2,5,7,14H2,(H,15,16). The van der Waals surface area contributed by atoms with E-state index < -0.39 is 5.82 Å². The number of anilines is 2. The molecule has 1 aromatic rings. The number of amides is 1. The molecule has 0 spiro atoms. The molecule has 1 aliphatic rings. The van der Waals surface area contributed by atoms with Gasteiger partial charge in [0.1, 0.15) is 5.82 Å². The van der Waals surface area contributed by atoms with E-state index in [-0.39, 0.29) is 24.1 Å². The van der Waals surface area contributed by atoms with E-state index in [1.54, 1.807) is 0 Å². The predicted molar refractivity (Wildman–Crippen MR) is 63.0 cm³/mol. The van der Waals surface area contributed by atoms with Crippen LogP contribution in [-0.2, 0) is 9.53 Å². The lowest BCUT2D eigenvalue weighted by Gasteiger charge is -2.10. The van der Waals surface area contributed by atoms with Gasteiger partial charge in [-0.3, -0.25) is 4.79 Å². The molecule has 92 valence electrons. The lowest BCUT2D eigenvalue weighted by atomic mass is 10.1. The molecule has 0 aromatic heterocycles. The van der Waals surface area contributed by atoms with Gasteiger partial charge in [0.2, 0.25) is 5.91 Å². The van der Waals surface area contributed by atoms with Gasteiger partial charge in [0.15, 0.2) is 0 Å². The highest BCUT2D eigenvalue weighted by Gasteiger charge is 2.19. The summed E-state index contributed by atoms with van der Waals surface area (Å²) in [7, 11) is 0. The molecule has 1 fully saturated rings. The van der Waals surface area contributed by atoms with Gasteiger partial charge < -0.3 is 15.8 Å². The lowest BCUT2D eigenvalue weighted by Crippen LogP contribution is -2.19. The Morgan fingerprint density at radius 3 is 3.12 bits per heavy atom. The molecule has 2 rings (SSSR count). The van der Waals surface area contributed by atoms with Crippen molar-refractivity contribution in [1.29, 1.82) is 0 Å². The van der Waals surface area contributed by atoms with Crippen molar-refractivity contribution in [2.24, 2.45) is 0 Å². The number of nitrogens with two attached hydrogens (primary N) is 1. The van der Waals surface area contributed by atoms with Gasteiger partial charge in [-0.2, -0.15) is 0 Å². The molecule has 1 aromatic carbocycles. The van der Waals surface area contributed by atoms with Crippen LogP contribution in [0.1, 0.15) is 19.3 Å². The van der Waals surface area contributed by atoms with Crippen molar-refractivity contribution >= 4 is 17.3 Å². The maximum Gasteiger partial charge on any atom is 0.227 e. The molecular weight excluding hydrogens is 223 g/mol. The highest BCUT2D eigenvalue weighted by Crippen LogP contribution is 2.19. The molecule has 17 heavy (non-hydrogen) atoms. The molecule has 5 heteroatoms. The van der Waals surface area contributed by atoms with Crippen LogP contribution in [0.3, 0.4) is 0 Å². The van der Waals surface area contributed by atoms with Gasteiger partial charge >= 0.3 is 0 Å². The van der Waals surface area contributed by atoms with E-state index in [0.29, 0.717) is 12.3 Å². The Morgan fingerprint density at radius 1 is 1.59 bits per heavy atom. The SMILES string of the molecule is Nc1ccc(F)c(NC(=O)CC2CCCO2)c1. The van der Waals surface area contributed by atoms with Crippen molar-refractivity contribution in [1.82, 2.24) is 0 Å². The molecule has 4 nitrogen and oxygen atoms in total. The van der Waals surface area contributed by atoms with Gasteiger partial charge in [0, 0.05) is 12.3 Å². The van der Waals surface area contributed by atoms with Gasteiger partial charge in [-0.15, -0.1) is 0 Å². The van der Waals surface area contributed by atoms with Crippen LogP contribution >= 0.6 is 0 Å². The molecule has 1 saturated heterocycles. The van der Waals surface area contributed by atoms with Gasteiger partial charge in [-0.25, -0.2) is 4.39 Å². The zero-order valence-corrected chi connectivity index (χ0v) is 9.41. The van der Waals surface area contributed by atoms with Crippen molar-refractivity contribution in [3.8, 4) is 0 Å². The number of hydrogen-bond donors (Lipinski definition) is 2. The van der Waals surface area contributed by atoms with Crippen LogP contribution in [0.15, 0.2) is 18.2 Å². The van der Waals surface area contributed by atoms with Gasteiger partial charge in [-0.1, -0.05) is 0 Å². The van der Waals surface area contributed by atoms with Gasteiger partial charge in [0.25, 0.3) is 0 Å². The number of halogens is 1. The fraction of sp³-hybridized carbons (Fsp3) is 0.417. The van der Waals surface area contributed by atoms with Crippen molar-refractivity contribution in [2.45, 2.75) is 25.4 Å². The maximum atomic E-state index is 13.3. The number of ether oxygens (including phenoxy) is 1. The Balaban J connectivity index is 1.95. The second-order valence-electron chi connectivity index (χ2n) is 4.13. The quantitative estimate of drug-likeness (QED) is 0.791. The summed E-state index contributed by atoms with van der Waals surface area (Å²) in [6.07, 6.45) is 2.07. The minimum Gasteiger partial charge on any atom is -0.399 e. The predicted octanol–water partition coefficient (Wildman–Crippen LogP) is 1.92. The molecule has 0 bridgehead atoms. The van der Waals surface area contributed by atoms with Gasteiger partial charge in [0.05, 0.1) is 18.2 Å². The first-order valence-electron chi connectivity index (χ1n) is 5.61. The summed E-state index contributed by atoms with van der Waals surface area (Å²) in [5.41, 5.74) is 6.06. The van der Waals surface area contributed by atoms with Crippen molar-refractivity contribution in [2.75, 3.05) is 17.7 Å². The largest absolute Gasteiger partial charge is 0.399 e. The summed E-state index contributed by atoms with van der Waals surface area (Å²) in [5, 5.41) is 2.50. The summed E-state index contributed by atoms with van der Waals surface area (Å²) in [6, 6.07) is 4.09. The Morgan fingerprint density at radius 2 is 2.41 bits per heavy atom. The number of carbonyl (C=O) groups excluding carboxylic acids is 1. The van der Waals surface area contributed by atoms with Crippen LogP contribution in [0.25, 0.3) is 0 Å². The van der Waals surface area contributed by atoms with E-state index >= 15 is 0 Å². The molecule has 0 aliphatic carbocycles. The van der Waals surface area contributed by atoms with E-state index in [1.807, 2.05) is 0 Å². The summed E-state index contributed by atoms with van der Waals surface area (Å²) in [6.45, 7) is 0.699. The highest BCUT2D eigenvalue weighted by molar-refractivity contribution is 5.91. The van der Waals surface area contributed by atoms with Gasteiger partial charge in [-0.05, 0) is 31.0 Å². The molecule has 3 N–H and O–H groups in total. The topological polar surface area (TPSA) is 64.3 Å². The number of hydrogen-bond acceptors (Lipinski definition) is 3. The number of benzene rings is 1. The third-order valence-corrected chi connectivity index (χ3v) is 2.70. The molecule has 1 aliphatic heterocycles. The average Bonchev–Trinajstić information content (AvgIpc) is 2.76. The first-order chi connectivity index (χ1) is 8.15. The normalized spacial score (nSPS) is 19.2. The van der Waals surface area contributed by atoms with Crippen LogP contribution in [0.4, 0.5) is 15.8 Å². The Hall–Kier alpha value is -1.62. The minimum absolute atomic E-state index is 0.0425. The summed E-state index contributed by atoms with van der Waals surface area (Å²) in [4.78, 5) is 11.6. The molecule has 1 unspecified atom stereocenters. The molecule has 1 amide bonds. The second-order valence-corrected chi connectivity index (χ2v) is 4.13. The molecule has 0 saturated carbocycles. The molecule has 0 radical (unpaired) electrons. The molecule has 1 heterocycles. The zero-order valence-electron chi connectivity index (χ0n) is 9.41. The monoisotopic (exact) mass is 238 g/mol. The van der Waals surface area contributed by atoms with E-state index in [1.165, 1.54) is 18.2 Å². The van der Waals surface area contributed by atoms with Crippen molar-refractivity contribution < 1.29 is 13.9 Å². The lowest BCUT2D eigenvalue weighted by molar-refractivity contribution is -0.118. The first-order valence-corrected chi connectivity index (χ1v) is 5.61. The zero-order chi connectivity index (χ0) is 12.3. The minimum atomic E-state index is -0.486. The fourth-order valence-corrected chi connectivity index (χ4v) is 1.85. The third-order valence-electron chi connectivity index (χ3n) is 2.70. The van der Waals surface area contributed by atoms with Crippen LogP contribution in [-0.4, -0.2) is 18.6 Å². The Labute approximate surface area is 98.9 Å². The average molecular weight is 238 g/mol. The number of nitrogens with one attached hydrogen (secondary N) is 1. The fourth-order valence-electron chi connectivity index (χ4n) is 1.85. The van der Waals surface area contributed by atoms with Crippen LogP contribution < -0.4 is 11.1 Å². The maximum absolute atomic E-state index is 13.3. The second kappa shape index (κ2) is 5.14. The number of carbonyl (C=O) groups is 1. The highest BCUT2D eigenvalue weighted by atomic mass is 19.1. The first kappa shape index (κ1) is 11.9. The van der Waals surface area contributed by atoms with E-state index in [4.69, 9.17) is 10.5 Å². The van der Waals surface area contributed by atoms with E-state index in [2.05, 4.69) is 5.32 Å². The van der Waals surface area contributed by atoms with Crippen LogP contribution in [0.2, 0.25) is 0 Å². The summed E-state index contributed by atoms with van der Waals surface area (Å²) < 4.78 is 18.7.